The molecule has 0 aromatic carbocycles. The number of nitrogens with zero attached hydrogens (tertiary/aromatic N) is 2. The zero-order valence-corrected chi connectivity index (χ0v) is 12.4. The molecule has 19 heavy (non-hydrogen) atoms. The molecule has 0 fully saturated rings. The van der Waals surface area contributed by atoms with Crippen LogP contribution in [0.25, 0.3) is 0 Å². The fraction of sp³-hybridized carbons (Fsp3) is 0.571. The molecule has 2 N–H and O–H groups in total. The molecule has 1 heterocycles. The minimum Gasteiger partial charge on any atom is -0.397 e. The maximum Gasteiger partial charge on any atom is 0.257 e. The molecule has 106 valence electrons. The Morgan fingerprint density at radius 3 is 2.42 bits per heavy atom. The van der Waals surface area contributed by atoms with Gasteiger partial charge >= 0.3 is 0 Å². The van der Waals surface area contributed by atoms with Crippen LogP contribution in [0.4, 0.5) is 5.69 Å². The molecule has 0 atom stereocenters. The van der Waals surface area contributed by atoms with E-state index in [0.717, 1.165) is 38.8 Å². The zero-order valence-electron chi connectivity index (χ0n) is 11.7. The zero-order chi connectivity index (χ0) is 14.3. The first-order valence-corrected chi connectivity index (χ1v) is 7.18. The fourth-order valence-corrected chi connectivity index (χ4v) is 1.98. The minimum absolute atomic E-state index is 0.0771. The summed E-state index contributed by atoms with van der Waals surface area (Å²) < 4.78 is 0. The number of halogens is 1. The molecule has 0 unspecified atom stereocenters. The highest BCUT2D eigenvalue weighted by atomic mass is 35.5. The Kier molecular flexibility index (Phi) is 6.64. The molecule has 0 spiro atoms. The first-order valence-electron chi connectivity index (χ1n) is 6.80. The van der Waals surface area contributed by atoms with Crippen LogP contribution in [-0.4, -0.2) is 28.9 Å². The van der Waals surface area contributed by atoms with Crippen molar-refractivity contribution in [2.45, 2.75) is 39.5 Å². The molecule has 0 radical (unpaired) electrons. The van der Waals surface area contributed by atoms with E-state index in [1.807, 2.05) is 4.90 Å². The van der Waals surface area contributed by atoms with Crippen molar-refractivity contribution in [1.29, 1.82) is 0 Å². The van der Waals surface area contributed by atoms with Crippen molar-refractivity contribution >= 4 is 23.2 Å². The summed E-state index contributed by atoms with van der Waals surface area (Å²) in [5.41, 5.74) is 6.53. The molecule has 4 nitrogen and oxygen atoms in total. The van der Waals surface area contributed by atoms with E-state index in [9.17, 15) is 4.79 Å². The Balaban J connectivity index is 2.87. The SMILES string of the molecule is CCCCN(CCCC)C(=O)c1cc(N)cnc1Cl. The number of unbranched alkanes of at least 4 members (excludes halogenated alkanes) is 2. The Labute approximate surface area is 120 Å². The van der Waals surface area contributed by atoms with Crippen LogP contribution in [0.1, 0.15) is 49.9 Å². The van der Waals surface area contributed by atoms with E-state index in [2.05, 4.69) is 18.8 Å². The smallest absolute Gasteiger partial charge is 0.257 e. The lowest BCUT2D eigenvalue weighted by Crippen LogP contribution is -2.33. The quantitative estimate of drug-likeness (QED) is 0.781. The van der Waals surface area contributed by atoms with Crippen LogP contribution in [0, 0.1) is 0 Å². The molecule has 5 heteroatoms. The number of carbonyl (C=O) groups is 1. The van der Waals surface area contributed by atoms with Crippen molar-refractivity contribution in [3.8, 4) is 0 Å². The molecule has 0 bridgehead atoms. The predicted molar refractivity (Wildman–Crippen MR) is 79.4 cm³/mol. The monoisotopic (exact) mass is 283 g/mol. The average molecular weight is 284 g/mol. The highest BCUT2D eigenvalue weighted by molar-refractivity contribution is 6.32. The Hall–Kier alpha value is -1.29. The fourth-order valence-electron chi connectivity index (χ4n) is 1.80. The molecule has 1 amide bonds. The van der Waals surface area contributed by atoms with Gasteiger partial charge in [-0.3, -0.25) is 4.79 Å². The van der Waals surface area contributed by atoms with Gasteiger partial charge < -0.3 is 10.6 Å². The van der Waals surface area contributed by atoms with Crippen LogP contribution >= 0.6 is 11.6 Å². The second kappa shape index (κ2) is 8.00. The van der Waals surface area contributed by atoms with Gasteiger partial charge in [0.1, 0.15) is 5.15 Å². The lowest BCUT2D eigenvalue weighted by Gasteiger charge is -2.22. The van der Waals surface area contributed by atoms with Gasteiger partial charge in [-0.25, -0.2) is 4.98 Å². The number of nitrogens with two attached hydrogens (primary N) is 1. The van der Waals surface area contributed by atoms with Gasteiger partial charge in [-0.1, -0.05) is 38.3 Å². The number of rotatable bonds is 7. The number of hydrogen-bond donors (Lipinski definition) is 1. The van der Waals surface area contributed by atoms with E-state index in [0.29, 0.717) is 11.3 Å². The van der Waals surface area contributed by atoms with Crippen molar-refractivity contribution in [1.82, 2.24) is 9.88 Å². The summed E-state index contributed by atoms with van der Waals surface area (Å²) in [6, 6.07) is 1.60. The van der Waals surface area contributed by atoms with Gasteiger partial charge in [0.15, 0.2) is 0 Å². The number of anilines is 1. The molecule has 0 saturated heterocycles. The van der Waals surface area contributed by atoms with Crippen LogP contribution in [0.15, 0.2) is 12.3 Å². The summed E-state index contributed by atoms with van der Waals surface area (Å²) in [5, 5.41) is 0.220. The number of pyridine rings is 1. The van der Waals surface area contributed by atoms with Crippen LogP contribution in [-0.2, 0) is 0 Å². The van der Waals surface area contributed by atoms with Crippen molar-refractivity contribution in [3.05, 3.63) is 23.0 Å². The third kappa shape index (κ3) is 4.71. The summed E-state index contributed by atoms with van der Waals surface area (Å²) in [7, 11) is 0. The first kappa shape index (κ1) is 15.8. The molecule has 0 aliphatic carbocycles. The second-order valence-corrected chi connectivity index (χ2v) is 4.96. The second-order valence-electron chi connectivity index (χ2n) is 4.61. The number of aromatic nitrogens is 1. The number of carbonyl (C=O) groups excluding carboxylic acids is 1. The number of amides is 1. The Bertz CT molecular complexity index is 415. The molecule has 0 aliphatic rings. The van der Waals surface area contributed by atoms with Gasteiger partial charge in [0, 0.05) is 13.1 Å². The van der Waals surface area contributed by atoms with Crippen LogP contribution in [0.5, 0.6) is 0 Å². The topological polar surface area (TPSA) is 59.2 Å². The molecule has 0 saturated carbocycles. The highest BCUT2D eigenvalue weighted by Gasteiger charge is 2.18. The third-order valence-electron chi connectivity index (χ3n) is 2.94. The molecule has 1 rings (SSSR count). The number of hydrogen-bond acceptors (Lipinski definition) is 3. The molecule has 1 aromatic rings. The van der Waals surface area contributed by atoms with Crippen LogP contribution < -0.4 is 5.73 Å². The standard InChI is InChI=1S/C14H22ClN3O/c1-3-5-7-18(8-6-4-2)14(19)12-9-11(16)10-17-13(12)15/h9-10H,3-8,16H2,1-2H3. The summed E-state index contributed by atoms with van der Waals surface area (Å²) in [6.07, 6.45) is 5.55. The molecule has 0 aliphatic heterocycles. The van der Waals surface area contributed by atoms with Crippen molar-refractivity contribution < 1.29 is 4.79 Å². The van der Waals surface area contributed by atoms with E-state index >= 15 is 0 Å². The van der Waals surface area contributed by atoms with Gasteiger partial charge in [-0.15, -0.1) is 0 Å². The van der Waals surface area contributed by atoms with Crippen LogP contribution in [0.2, 0.25) is 5.15 Å². The summed E-state index contributed by atoms with van der Waals surface area (Å²) in [5.74, 6) is -0.0771. The largest absolute Gasteiger partial charge is 0.397 e. The Morgan fingerprint density at radius 1 is 1.32 bits per heavy atom. The molecule has 1 aromatic heterocycles. The average Bonchev–Trinajstić information content (AvgIpc) is 2.41. The predicted octanol–water partition coefficient (Wildman–Crippen LogP) is 3.36. The summed E-state index contributed by atoms with van der Waals surface area (Å²) >= 11 is 5.99. The lowest BCUT2D eigenvalue weighted by atomic mass is 10.2. The molecular weight excluding hydrogens is 262 g/mol. The summed E-state index contributed by atoms with van der Waals surface area (Å²) in [4.78, 5) is 18.3. The lowest BCUT2D eigenvalue weighted by molar-refractivity contribution is 0.0751. The normalized spacial score (nSPS) is 10.5. The maximum atomic E-state index is 12.5. The van der Waals surface area contributed by atoms with Crippen LogP contribution in [0.3, 0.4) is 0 Å². The number of nitrogen functional groups attached to an aromatic ring is 1. The van der Waals surface area contributed by atoms with Gasteiger partial charge in [0.2, 0.25) is 0 Å². The van der Waals surface area contributed by atoms with E-state index in [4.69, 9.17) is 17.3 Å². The van der Waals surface area contributed by atoms with Gasteiger partial charge in [-0.05, 0) is 18.9 Å². The summed E-state index contributed by atoms with van der Waals surface area (Å²) in [6.45, 7) is 5.72. The third-order valence-corrected chi connectivity index (χ3v) is 3.24. The van der Waals surface area contributed by atoms with Crippen molar-refractivity contribution in [3.63, 3.8) is 0 Å². The van der Waals surface area contributed by atoms with E-state index in [1.54, 1.807) is 6.07 Å². The highest BCUT2D eigenvalue weighted by Crippen LogP contribution is 2.18. The van der Waals surface area contributed by atoms with E-state index in [1.165, 1.54) is 6.20 Å². The van der Waals surface area contributed by atoms with Gasteiger partial charge in [0.05, 0.1) is 17.4 Å². The Morgan fingerprint density at radius 2 is 1.89 bits per heavy atom. The van der Waals surface area contributed by atoms with Gasteiger partial charge in [-0.2, -0.15) is 0 Å². The van der Waals surface area contributed by atoms with Crippen molar-refractivity contribution in [2.75, 3.05) is 18.8 Å². The van der Waals surface area contributed by atoms with E-state index < -0.39 is 0 Å². The van der Waals surface area contributed by atoms with Crippen molar-refractivity contribution in [2.24, 2.45) is 0 Å². The first-order chi connectivity index (χ1) is 9.10. The minimum atomic E-state index is -0.0771. The van der Waals surface area contributed by atoms with E-state index in [-0.39, 0.29) is 11.1 Å². The molecular formula is C14H22ClN3O. The van der Waals surface area contributed by atoms with Gasteiger partial charge in [0.25, 0.3) is 5.91 Å². The maximum absolute atomic E-state index is 12.5.